The van der Waals surface area contributed by atoms with Crippen LogP contribution in [-0.2, 0) is 11.2 Å². The molecular weight excluding hydrogens is 250 g/mol. The molecule has 92 valence electrons. The monoisotopic (exact) mass is 261 g/mol. The van der Waals surface area contributed by atoms with Crippen molar-refractivity contribution in [3.8, 4) is 0 Å². The molecule has 0 aliphatic carbocycles. The number of nitrogens with one attached hydrogen (secondary N) is 2. The molecule has 0 spiro atoms. The largest absolute Gasteiger partial charge is 0.360 e. The van der Waals surface area contributed by atoms with Gasteiger partial charge in [-0.2, -0.15) is 5.10 Å². The molecule has 2 rings (SSSR count). The minimum Gasteiger partial charge on any atom is -0.360 e. The lowest BCUT2D eigenvalue weighted by Crippen LogP contribution is -2.19. The fraction of sp³-hybridized carbons (Fsp3) is 0.0769. The molecule has 1 amide bonds. The number of hydrazone groups is 1. The molecule has 0 unspecified atom stereocenters. The Hall–Kier alpha value is -2.07. The maximum absolute atomic E-state index is 11.6. The number of aromatic amines is 1. The van der Waals surface area contributed by atoms with Gasteiger partial charge in [-0.1, -0.05) is 23.7 Å². The van der Waals surface area contributed by atoms with Crippen molar-refractivity contribution in [3.05, 3.63) is 58.9 Å². The van der Waals surface area contributed by atoms with Crippen molar-refractivity contribution in [1.82, 2.24) is 10.4 Å². The van der Waals surface area contributed by atoms with Gasteiger partial charge in [0, 0.05) is 11.2 Å². The average molecular weight is 262 g/mol. The molecule has 4 nitrogen and oxygen atoms in total. The zero-order chi connectivity index (χ0) is 12.8. The van der Waals surface area contributed by atoms with E-state index in [2.05, 4.69) is 15.5 Å². The summed E-state index contributed by atoms with van der Waals surface area (Å²) < 4.78 is 0. The Kier molecular flexibility index (Phi) is 4.15. The summed E-state index contributed by atoms with van der Waals surface area (Å²) in [6.07, 6.45) is 3.62. The molecule has 0 radical (unpaired) electrons. The van der Waals surface area contributed by atoms with Crippen molar-refractivity contribution in [2.75, 3.05) is 0 Å². The number of aromatic nitrogens is 1. The first-order chi connectivity index (χ1) is 8.74. The summed E-state index contributed by atoms with van der Waals surface area (Å²) in [5, 5.41) is 4.50. The number of rotatable bonds is 4. The van der Waals surface area contributed by atoms with Crippen LogP contribution in [-0.4, -0.2) is 17.1 Å². The number of nitrogens with zero attached hydrogens (tertiary/aromatic N) is 1. The van der Waals surface area contributed by atoms with E-state index in [9.17, 15) is 4.79 Å². The lowest BCUT2D eigenvalue weighted by Gasteiger charge is -2.00. The molecule has 0 saturated carbocycles. The molecule has 0 aliphatic rings. The summed E-state index contributed by atoms with van der Waals surface area (Å²) in [6.45, 7) is 0. The van der Waals surface area contributed by atoms with Gasteiger partial charge in [0.1, 0.15) is 0 Å². The first kappa shape index (κ1) is 12.4. The van der Waals surface area contributed by atoms with Crippen molar-refractivity contribution in [2.24, 2.45) is 5.10 Å². The highest BCUT2D eigenvalue weighted by Crippen LogP contribution is 2.09. The van der Waals surface area contributed by atoms with Gasteiger partial charge in [0.15, 0.2) is 0 Å². The molecular formula is C13H12ClN3O. The van der Waals surface area contributed by atoms with Crippen LogP contribution in [0.1, 0.15) is 11.3 Å². The van der Waals surface area contributed by atoms with Gasteiger partial charge in [0.05, 0.1) is 18.3 Å². The second-order valence-corrected chi connectivity index (χ2v) is 4.16. The third-order valence-corrected chi connectivity index (χ3v) is 2.54. The minimum absolute atomic E-state index is 0.167. The summed E-state index contributed by atoms with van der Waals surface area (Å²) in [5.74, 6) is -0.167. The standard InChI is InChI=1S/C13H12ClN3O/c14-11-5-3-10(4-6-11)8-13(18)17-16-9-12-2-1-7-15-12/h1-7,9,15H,8H2,(H,17,18)/b16-9+. The minimum atomic E-state index is -0.167. The SMILES string of the molecule is O=C(Cc1ccc(Cl)cc1)N/N=C/c1ccc[nH]1. The second-order valence-electron chi connectivity index (χ2n) is 3.72. The fourth-order valence-corrected chi connectivity index (χ4v) is 1.55. The zero-order valence-electron chi connectivity index (χ0n) is 9.56. The number of hydrogen-bond acceptors (Lipinski definition) is 2. The predicted octanol–water partition coefficient (Wildman–Crippen LogP) is 2.36. The lowest BCUT2D eigenvalue weighted by atomic mass is 10.1. The Balaban J connectivity index is 1.84. The van der Waals surface area contributed by atoms with Crippen LogP contribution in [0.4, 0.5) is 0 Å². The van der Waals surface area contributed by atoms with Crippen LogP contribution in [0.25, 0.3) is 0 Å². The average Bonchev–Trinajstić information content (AvgIpc) is 2.85. The Morgan fingerprint density at radius 1 is 1.33 bits per heavy atom. The van der Waals surface area contributed by atoms with E-state index >= 15 is 0 Å². The molecule has 0 fully saturated rings. The normalized spacial score (nSPS) is 10.7. The smallest absolute Gasteiger partial charge is 0.244 e. The van der Waals surface area contributed by atoms with E-state index in [-0.39, 0.29) is 12.3 Å². The van der Waals surface area contributed by atoms with E-state index < -0.39 is 0 Å². The molecule has 18 heavy (non-hydrogen) atoms. The summed E-state index contributed by atoms with van der Waals surface area (Å²) in [6, 6.07) is 10.9. The highest BCUT2D eigenvalue weighted by molar-refractivity contribution is 6.30. The van der Waals surface area contributed by atoms with Crippen molar-refractivity contribution in [3.63, 3.8) is 0 Å². The van der Waals surface area contributed by atoms with Gasteiger partial charge < -0.3 is 4.98 Å². The summed E-state index contributed by atoms with van der Waals surface area (Å²) >= 11 is 5.76. The zero-order valence-corrected chi connectivity index (χ0v) is 10.3. The quantitative estimate of drug-likeness (QED) is 0.644. The van der Waals surface area contributed by atoms with Crippen LogP contribution < -0.4 is 5.43 Å². The van der Waals surface area contributed by atoms with E-state index in [1.54, 1.807) is 24.5 Å². The number of H-pyrrole nitrogens is 1. The summed E-state index contributed by atoms with van der Waals surface area (Å²) in [7, 11) is 0. The topological polar surface area (TPSA) is 57.2 Å². The molecule has 2 N–H and O–H groups in total. The van der Waals surface area contributed by atoms with Gasteiger partial charge in [-0.15, -0.1) is 0 Å². The van der Waals surface area contributed by atoms with E-state index in [1.807, 2.05) is 24.3 Å². The third kappa shape index (κ3) is 3.75. The summed E-state index contributed by atoms with van der Waals surface area (Å²) in [5.41, 5.74) is 4.19. The first-order valence-electron chi connectivity index (χ1n) is 5.44. The fourth-order valence-electron chi connectivity index (χ4n) is 1.43. The van der Waals surface area contributed by atoms with Gasteiger partial charge in [-0.05, 0) is 29.8 Å². The maximum Gasteiger partial charge on any atom is 0.244 e. The number of carbonyl (C=O) groups excluding carboxylic acids is 1. The van der Waals surface area contributed by atoms with Crippen LogP contribution >= 0.6 is 11.6 Å². The van der Waals surface area contributed by atoms with Crippen LogP contribution in [0.2, 0.25) is 5.02 Å². The molecule has 1 heterocycles. The van der Waals surface area contributed by atoms with Crippen LogP contribution in [0.3, 0.4) is 0 Å². The van der Waals surface area contributed by atoms with Gasteiger partial charge in [-0.3, -0.25) is 4.79 Å². The number of carbonyl (C=O) groups is 1. The van der Waals surface area contributed by atoms with E-state index in [0.29, 0.717) is 5.02 Å². The molecule has 0 bridgehead atoms. The number of halogens is 1. The number of hydrogen-bond donors (Lipinski definition) is 2. The number of benzene rings is 1. The maximum atomic E-state index is 11.6. The van der Waals surface area contributed by atoms with Gasteiger partial charge in [0.25, 0.3) is 0 Å². The van der Waals surface area contributed by atoms with E-state index in [0.717, 1.165) is 11.3 Å². The van der Waals surface area contributed by atoms with E-state index in [1.165, 1.54) is 0 Å². The Labute approximate surface area is 110 Å². The molecule has 1 aromatic heterocycles. The van der Waals surface area contributed by atoms with Crippen molar-refractivity contribution < 1.29 is 4.79 Å². The highest BCUT2D eigenvalue weighted by atomic mass is 35.5. The molecule has 5 heteroatoms. The number of amides is 1. The van der Waals surface area contributed by atoms with Crippen molar-refractivity contribution in [2.45, 2.75) is 6.42 Å². The lowest BCUT2D eigenvalue weighted by molar-refractivity contribution is -0.120. The van der Waals surface area contributed by atoms with Gasteiger partial charge in [0.2, 0.25) is 5.91 Å². The Morgan fingerprint density at radius 2 is 2.11 bits per heavy atom. The van der Waals surface area contributed by atoms with Gasteiger partial charge in [-0.25, -0.2) is 5.43 Å². The first-order valence-corrected chi connectivity index (χ1v) is 5.81. The van der Waals surface area contributed by atoms with Crippen molar-refractivity contribution >= 4 is 23.7 Å². The third-order valence-electron chi connectivity index (χ3n) is 2.29. The van der Waals surface area contributed by atoms with Crippen LogP contribution in [0.15, 0.2) is 47.7 Å². The van der Waals surface area contributed by atoms with Gasteiger partial charge >= 0.3 is 0 Å². The second kappa shape index (κ2) is 6.02. The molecule has 0 atom stereocenters. The molecule has 2 aromatic rings. The van der Waals surface area contributed by atoms with Crippen LogP contribution in [0.5, 0.6) is 0 Å². The highest BCUT2D eigenvalue weighted by Gasteiger charge is 2.01. The predicted molar refractivity (Wildman–Crippen MR) is 71.7 cm³/mol. The molecule has 0 saturated heterocycles. The van der Waals surface area contributed by atoms with E-state index in [4.69, 9.17) is 11.6 Å². The van der Waals surface area contributed by atoms with Crippen molar-refractivity contribution in [1.29, 1.82) is 0 Å². The Morgan fingerprint density at radius 3 is 2.78 bits per heavy atom. The Bertz CT molecular complexity index is 532. The summed E-state index contributed by atoms with van der Waals surface area (Å²) in [4.78, 5) is 14.5. The van der Waals surface area contributed by atoms with Crippen LogP contribution in [0, 0.1) is 0 Å². The molecule has 0 aliphatic heterocycles. The molecule has 1 aromatic carbocycles.